The Morgan fingerprint density at radius 1 is 1.07 bits per heavy atom. The van der Waals surface area contributed by atoms with E-state index in [1.54, 1.807) is 31.4 Å². The predicted octanol–water partition coefficient (Wildman–Crippen LogP) is 3.03. The van der Waals surface area contributed by atoms with Gasteiger partial charge < -0.3 is 10.5 Å². The second-order valence-electron chi connectivity index (χ2n) is 2.14. The van der Waals surface area contributed by atoms with Crippen molar-refractivity contribution in [3.63, 3.8) is 0 Å². The number of rotatable bonds is 2. The summed E-state index contributed by atoms with van der Waals surface area (Å²) >= 11 is 0. The minimum atomic E-state index is 0.0765. The summed E-state index contributed by atoms with van der Waals surface area (Å²) in [6, 6.07) is 7.05. The highest BCUT2D eigenvalue weighted by molar-refractivity contribution is 5.94. The number of nitrogen functional groups attached to an aromatic ring is 1. The summed E-state index contributed by atoms with van der Waals surface area (Å²) in [5, 5.41) is 7.10. The highest BCUT2D eigenvalue weighted by atomic mass is 16.5. The number of hydrogen-bond donors (Lipinski definition) is 2. The van der Waals surface area contributed by atoms with Crippen molar-refractivity contribution in [2.24, 2.45) is 5.73 Å². The zero-order chi connectivity index (χ0) is 12.3. The van der Waals surface area contributed by atoms with Crippen molar-refractivity contribution in [2.45, 2.75) is 27.7 Å². The van der Waals surface area contributed by atoms with Gasteiger partial charge in [0.2, 0.25) is 0 Å². The molecule has 1 rings (SSSR count). The van der Waals surface area contributed by atoms with E-state index in [-0.39, 0.29) is 5.84 Å². The Bertz CT molecular complexity index is 255. The van der Waals surface area contributed by atoms with Crippen LogP contribution >= 0.6 is 0 Å². The molecule has 0 radical (unpaired) electrons. The van der Waals surface area contributed by atoms with E-state index in [9.17, 15) is 0 Å². The maximum atomic E-state index is 7.10. The summed E-state index contributed by atoms with van der Waals surface area (Å²) in [4.78, 5) is 0. The van der Waals surface area contributed by atoms with Crippen LogP contribution in [-0.2, 0) is 0 Å². The number of nitrogens with one attached hydrogen (secondary N) is 1. The summed E-state index contributed by atoms with van der Waals surface area (Å²) in [7, 11) is 1.60. The molecule has 0 unspecified atom stereocenters. The zero-order valence-electron chi connectivity index (χ0n) is 10.3. The van der Waals surface area contributed by atoms with E-state index in [1.807, 2.05) is 27.7 Å². The molecule has 15 heavy (non-hydrogen) atoms. The molecule has 0 bridgehead atoms. The molecule has 3 heteroatoms. The van der Waals surface area contributed by atoms with Gasteiger partial charge in [-0.3, -0.25) is 5.41 Å². The van der Waals surface area contributed by atoms with Crippen LogP contribution in [-0.4, -0.2) is 12.9 Å². The average molecular weight is 210 g/mol. The summed E-state index contributed by atoms with van der Waals surface area (Å²) in [6.45, 7) is 8.00. The van der Waals surface area contributed by atoms with Crippen molar-refractivity contribution in [3.8, 4) is 5.75 Å². The molecule has 0 aliphatic heterocycles. The smallest absolute Gasteiger partial charge is 0.122 e. The van der Waals surface area contributed by atoms with Gasteiger partial charge in [-0.25, -0.2) is 0 Å². The fourth-order valence-corrected chi connectivity index (χ4v) is 0.771. The van der Waals surface area contributed by atoms with Crippen LogP contribution in [0.2, 0.25) is 0 Å². The van der Waals surface area contributed by atoms with E-state index in [0.717, 1.165) is 5.75 Å². The Labute approximate surface area is 92.8 Å². The highest BCUT2D eigenvalue weighted by Gasteiger charge is 1.94. The van der Waals surface area contributed by atoms with Crippen molar-refractivity contribution in [1.29, 1.82) is 5.41 Å². The normalized spacial score (nSPS) is 7.53. The van der Waals surface area contributed by atoms with Gasteiger partial charge in [-0.15, -0.1) is 0 Å². The van der Waals surface area contributed by atoms with Crippen LogP contribution in [0.15, 0.2) is 24.3 Å². The van der Waals surface area contributed by atoms with E-state index >= 15 is 0 Å². The number of hydrogen-bond acceptors (Lipinski definition) is 2. The lowest BCUT2D eigenvalue weighted by Gasteiger charge is -2.00. The van der Waals surface area contributed by atoms with Crippen LogP contribution in [0.1, 0.15) is 33.3 Å². The van der Waals surface area contributed by atoms with Crippen LogP contribution in [0.3, 0.4) is 0 Å². The van der Waals surface area contributed by atoms with E-state index in [0.29, 0.717) is 5.56 Å². The van der Waals surface area contributed by atoms with Crippen LogP contribution in [0, 0.1) is 5.41 Å². The minimum absolute atomic E-state index is 0.0765. The van der Waals surface area contributed by atoms with E-state index in [4.69, 9.17) is 15.9 Å². The highest BCUT2D eigenvalue weighted by Crippen LogP contribution is 2.10. The fourth-order valence-electron chi connectivity index (χ4n) is 0.771. The molecule has 86 valence electrons. The molecule has 0 amide bonds. The molecule has 0 aliphatic rings. The van der Waals surface area contributed by atoms with Gasteiger partial charge in [-0.1, -0.05) is 27.7 Å². The van der Waals surface area contributed by atoms with Gasteiger partial charge in [0.05, 0.1) is 7.11 Å². The second kappa shape index (κ2) is 10.6. The molecule has 0 aliphatic carbocycles. The van der Waals surface area contributed by atoms with E-state index in [1.165, 1.54) is 0 Å². The Hall–Kier alpha value is -1.51. The third kappa shape index (κ3) is 6.55. The average Bonchev–Trinajstić information content (AvgIpc) is 2.34. The van der Waals surface area contributed by atoms with E-state index < -0.39 is 0 Å². The molecule has 0 saturated carbocycles. The van der Waals surface area contributed by atoms with Crippen molar-refractivity contribution < 1.29 is 4.74 Å². The van der Waals surface area contributed by atoms with Crippen LogP contribution in [0.25, 0.3) is 0 Å². The van der Waals surface area contributed by atoms with Crippen molar-refractivity contribution in [1.82, 2.24) is 0 Å². The molecule has 0 spiro atoms. The second-order valence-corrected chi connectivity index (χ2v) is 2.14. The van der Waals surface area contributed by atoms with Crippen LogP contribution in [0.5, 0.6) is 5.75 Å². The van der Waals surface area contributed by atoms with Crippen molar-refractivity contribution in [3.05, 3.63) is 29.8 Å². The van der Waals surface area contributed by atoms with Crippen molar-refractivity contribution >= 4 is 5.84 Å². The molecule has 0 saturated heterocycles. The summed E-state index contributed by atoms with van der Waals surface area (Å²) in [5.41, 5.74) is 5.96. The monoisotopic (exact) mass is 210 g/mol. The van der Waals surface area contributed by atoms with Crippen LogP contribution in [0.4, 0.5) is 0 Å². The standard InChI is InChI=1S/C8H10N2O.2C2H6/c1-11-7-4-2-6(3-5-7)8(9)10;2*1-2/h2-5H,1H3,(H3,9,10);2*1-2H3. The van der Waals surface area contributed by atoms with Gasteiger partial charge in [-0.2, -0.15) is 0 Å². The fraction of sp³-hybridized carbons (Fsp3) is 0.417. The predicted molar refractivity (Wildman–Crippen MR) is 66.7 cm³/mol. The van der Waals surface area contributed by atoms with Gasteiger partial charge in [0.15, 0.2) is 0 Å². The number of benzene rings is 1. The first-order chi connectivity index (χ1) is 7.24. The molecule has 3 nitrogen and oxygen atoms in total. The van der Waals surface area contributed by atoms with E-state index in [2.05, 4.69) is 0 Å². The SMILES string of the molecule is CC.CC.COc1ccc(C(=N)N)cc1. The number of nitrogens with two attached hydrogens (primary N) is 1. The first kappa shape index (κ1) is 15.9. The van der Waals surface area contributed by atoms with Gasteiger partial charge in [0.1, 0.15) is 11.6 Å². The quantitative estimate of drug-likeness (QED) is 0.582. The van der Waals surface area contributed by atoms with Gasteiger partial charge in [-0.05, 0) is 24.3 Å². The number of amidine groups is 1. The molecule has 1 aromatic rings. The topological polar surface area (TPSA) is 59.1 Å². The maximum absolute atomic E-state index is 7.10. The third-order valence-electron chi connectivity index (χ3n) is 1.40. The largest absolute Gasteiger partial charge is 0.497 e. The summed E-state index contributed by atoms with van der Waals surface area (Å²) in [5.74, 6) is 0.850. The first-order valence-corrected chi connectivity index (χ1v) is 5.22. The lowest BCUT2D eigenvalue weighted by atomic mass is 10.2. The Morgan fingerprint density at radius 2 is 1.47 bits per heavy atom. The third-order valence-corrected chi connectivity index (χ3v) is 1.40. The van der Waals surface area contributed by atoms with Gasteiger partial charge in [0.25, 0.3) is 0 Å². The molecule has 1 aromatic carbocycles. The van der Waals surface area contributed by atoms with Gasteiger partial charge in [0, 0.05) is 5.56 Å². The molecule has 0 heterocycles. The lowest BCUT2D eigenvalue weighted by Crippen LogP contribution is -2.10. The summed E-state index contributed by atoms with van der Waals surface area (Å²) in [6.07, 6.45) is 0. The summed E-state index contributed by atoms with van der Waals surface area (Å²) < 4.78 is 4.94. The molecular weight excluding hydrogens is 188 g/mol. The van der Waals surface area contributed by atoms with Crippen LogP contribution < -0.4 is 10.5 Å². The minimum Gasteiger partial charge on any atom is -0.497 e. The zero-order valence-corrected chi connectivity index (χ0v) is 10.3. The van der Waals surface area contributed by atoms with Crippen molar-refractivity contribution in [2.75, 3.05) is 7.11 Å². The number of methoxy groups -OCH3 is 1. The maximum Gasteiger partial charge on any atom is 0.122 e. The molecule has 0 aromatic heterocycles. The Balaban J connectivity index is 0. The molecular formula is C12H22N2O. The molecule has 3 N–H and O–H groups in total. The first-order valence-electron chi connectivity index (χ1n) is 5.22. The molecule has 0 atom stereocenters. The van der Waals surface area contributed by atoms with Gasteiger partial charge >= 0.3 is 0 Å². The number of ether oxygens (including phenoxy) is 1. The lowest BCUT2D eigenvalue weighted by molar-refractivity contribution is 0.415. The Kier molecular flexibility index (Phi) is 11.2. The molecule has 0 fully saturated rings. The Morgan fingerprint density at radius 3 is 1.73 bits per heavy atom.